The molecular weight excluding hydrogens is 476 g/mol. The lowest BCUT2D eigenvalue weighted by molar-refractivity contribution is -0.133. The van der Waals surface area contributed by atoms with Gasteiger partial charge in [-0.1, -0.05) is 12.1 Å². The average Bonchev–Trinajstić information content (AvgIpc) is 3.53. The van der Waals surface area contributed by atoms with Gasteiger partial charge in [-0.3, -0.25) is 9.59 Å². The van der Waals surface area contributed by atoms with Gasteiger partial charge in [0.1, 0.15) is 0 Å². The molecule has 3 heterocycles. The van der Waals surface area contributed by atoms with E-state index in [4.69, 9.17) is 18.9 Å². The summed E-state index contributed by atoms with van der Waals surface area (Å²) in [5, 5.41) is 3.96. The number of nitrogens with zero attached hydrogens (tertiary/aromatic N) is 2. The van der Waals surface area contributed by atoms with E-state index in [9.17, 15) is 9.59 Å². The summed E-state index contributed by atoms with van der Waals surface area (Å²) in [5.74, 6) is 0.146. The molecule has 1 aliphatic heterocycles. The molecule has 10 heteroatoms. The minimum absolute atomic E-state index is 0.0730. The molecule has 2 amide bonds. The number of thiophene rings is 2. The molecule has 1 aliphatic rings. The average molecular weight is 511 g/mol. The number of hydrogen-bond acceptors (Lipinski definition) is 8. The third-order valence-corrected chi connectivity index (χ3v) is 7.04. The quantitative estimate of drug-likeness (QED) is 0.629. The Labute approximate surface area is 209 Å². The highest BCUT2D eigenvalue weighted by Crippen LogP contribution is 2.12. The smallest absolute Gasteiger partial charge is 0.227 e. The van der Waals surface area contributed by atoms with Crippen LogP contribution in [0.25, 0.3) is 0 Å². The van der Waals surface area contributed by atoms with Crippen molar-refractivity contribution in [1.29, 1.82) is 0 Å². The van der Waals surface area contributed by atoms with Crippen LogP contribution in [0.3, 0.4) is 0 Å². The Morgan fingerprint density at radius 3 is 1.26 bits per heavy atom. The molecule has 2 aromatic rings. The molecule has 0 N–H and O–H groups in total. The second-order valence-electron chi connectivity index (χ2n) is 7.72. The van der Waals surface area contributed by atoms with Crippen molar-refractivity contribution in [2.75, 3.05) is 79.0 Å². The highest BCUT2D eigenvalue weighted by Gasteiger charge is 2.16. The fourth-order valence-electron chi connectivity index (χ4n) is 3.41. The Morgan fingerprint density at radius 1 is 0.618 bits per heavy atom. The largest absolute Gasteiger partial charge is 0.377 e. The fraction of sp³-hybridized carbons (Fsp3) is 0.583. The van der Waals surface area contributed by atoms with E-state index in [2.05, 4.69) is 0 Å². The van der Waals surface area contributed by atoms with Gasteiger partial charge in [-0.25, -0.2) is 0 Å². The number of rotatable bonds is 4. The van der Waals surface area contributed by atoms with Crippen molar-refractivity contribution < 1.29 is 28.5 Å². The van der Waals surface area contributed by atoms with Crippen LogP contribution in [-0.2, 0) is 41.4 Å². The maximum absolute atomic E-state index is 12.7. The number of amides is 2. The van der Waals surface area contributed by atoms with E-state index in [1.807, 2.05) is 35.0 Å². The predicted molar refractivity (Wildman–Crippen MR) is 132 cm³/mol. The molecule has 0 aromatic carbocycles. The van der Waals surface area contributed by atoms with E-state index in [1.54, 1.807) is 32.5 Å². The van der Waals surface area contributed by atoms with Crippen LogP contribution in [0.15, 0.2) is 35.0 Å². The third kappa shape index (κ3) is 10.2. The molecule has 0 spiro atoms. The van der Waals surface area contributed by atoms with Gasteiger partial charge in [-0.15, -0.1) is 22.7 Å². The molecule has 0 saturated carbocycles. The Hall–Kier alpha value is -1.82. The summed E-state index contributed by atoms with van der Waals surface area (Å²) in [6, 6.07) is 7.86. The highest BCUT2D eigenvalue weighted by molar-refractivity contribution is 7.10. The minimum Gasteiger partial charge on any atom is -0.377 e. The van der Waals surface area contributed by atoms with Crippen molar-refractivity contribution in [2.24, 2.45) is 0 Å². The van der Waals surface area contributed by atoms with Crippen LogP contribution in [0.2, 0.25) is 0 Å². The maximum Gasteiger partial charge on any atom is 0.227 e. The summed E-state index contributed by atoms with van der Waals surface area (Å²) >= 11 is 3.17. The molecule has 2 aromatic heterocycles. The van der Waals surface area contributed by atoms with E-state index < -0.39 is 0 Å². The van der Waals surface area contributed by atoms with Crippen LogP contribution in [0.4, 0.5) is 0 Å². The zero-order valence-corrected chi connectivity index (χ0v) is 21.2. The molecule has 1 saturated heterocycles. The molecule has 0 radical (unpaired) electrons. The summed E-state index contributed by atoms with van der Waals surface area (Å²) in [5.41, 5.74) is 0. The van der Waals surface area contributed by atoms with Crippen molar-refractivity contribution in [3.63, 3.8) is 0 Å². The van der Waals surface area contributed by atoms with Crippen LogP contribution >= 0.6 is 22.7 Å². The molecule has 188 valence electrons. The van der Waals surface area contributed by atoms with Gasteiger partial charge in [0, 0.05) is 35.9 Å². The van der Waals surface area contributed by atoms with E-state index in [0.717, 1.165) is 9.75 Å². The van der Waals surface area contributed by atoms with Crippen molar-refractivity contribution in [1.82, 2.24) is 9.80 Å². The molecular formula is C24H34N2O6S2. The predicted octanol–water partition coefficient (Wildman–Crippen LogP) is 2.33. The number of hydrogen-bond donors (Lipinski definition) is 0. The van der Waals surface area contributed by atoms with Gasteiger partial charge in [0.15, 0.2) is 0 Å². The van der Waals surface area contributed by atoms with E-state index in [-0.39, 0.29) is 11.8 Å². The topological polar surface area (TPSA) is 77.5 Å². The first-order chi connectivity index (χ1) is 16.7. The summed E-state index contributed by atoms with van der Waals surface area (Å²) in [6.45, 7) is 5.55. The van der Waals surface area contributed by atoms with Crippen LogP contribution in [0.1, 0.15) is 9.75 Å². The van der Waals surface area contributed by atoms with Crippen molar-refractivity contribution in [3.8, 4) is 0 Å². The van der Waals surface area contributed by atoms with Crippen LogP contribution < -0.4 is 0 Å². The van der Waals surface area contributed by atoms with Crippen LogP contribution in [0, 0.1) is 0 Å². The lowest BCUT2D eigenvalue weighted by Gasteiger charge is -2.24. The molecule has 1 fully saturated rings. The standard InChI is InChI=1S/C24H34N2O6S2/c27-23(19-21-3-1-17-33-21)25-5-9-29-13-15-31-11-7-26(8-12-32-16-14-30-10-6-25)24(28)20-22-4-2-18-34-22/h1-4,17-18H,5-16,19-20H2. The number of ether oxygens (including phenoxy) is 4. The van der Waals surface area contributed by atoms with E-state index in [0.29, 0.717) is 91.9 Å². The van der Waals surface area contributed by atoms with E-state index >= 15 is 0 Å². The first-order valence-electron chi connectivity index (χ1n) is 11.6. The fourth-order valence-corrected chi connectivity index (χ4v) is 4.81. The van der Waals surface area contributed by atoms with Gasteiger partial charge in [0.05, 0.1) is 65.7 Å². The molecule has 0 aliphatic carbocycles. The van der Waals surface area contributed by atoms with Gasteiger partial charge in [-0.05, 0) is 22.9 Å². The zero-order valence-electron chi connectivity index (χ0n) is 19.5. The first-order valence-corrected chi connectivity index (χ1v) is 13.4. The van der Waals surface area contributed by atoms with Gasteiger partial charge in [0.2, 0.25) is 11.8 Å². The summed E-state index contributed by atoms with van der Waals surface area (Å²) in [6.07, 6.45) is 0.789. The Kier molecular flexibility index (Phi) is 12.6. The number of carbonyl (C=O) groups excluding carboxylic acids is 2. The first kappa shape index (κ1) is 26.8. The second kappa shape index (κ2) is 16.0. The summed E-state index contributed by atoms with van der Waals surface area (Å²) in [4.78, 5) is 31.1. The third-order valence-electron chi connectivity index (χ3n) is 5.28. The Bertz CT molecular complexity index is 727. The van der Waals surface area contributed by atoms with Crippen LogP contribution in [0.5, 0.6) is 0 Å². The summed E-state index contributed by atoms with van der Waals surface area (Å²) in [7, 11) is 0. The Morgan fingerprint density at radius 2 is 0.971 bits per heavy atom. The lowest BCUT2D eigenvalue weighted by Crippen LogP contribution is -2.38. The van der Waals surface area contributed by atoms with Gasteiger partial charge >= 0.3 is 0 Å². The van der Waals surface area contributed by atoms with Crippen molar-refractivity contribution in [3.05, 3.63) is 44.8 Å². The molecule has 0 atom stereocenters. The van der Waals surface area contributed by atoms with Crippen molar-refractivity contribution >= 4 is 34.5 Å². The lowest BCUT2D eigenvalue weighted by atomic mass is 10.3. The minimum atomic E-state index is 0.0730. The van der Waals surface area contributed by atoms with E-state index in [1.165, 1.54) is 0 Å². The monoisotopic (exact) mass is 510 g/mol. The molecule has 0 unspecified atom stereocenters. The van der Waals surface area contributed by atoms with Gasteiger partial charge in [0.25, 0.3) is 0 Å². The maximum atomic E-state index is 12.7. The molecule has 3 rings (SSSR count). The summed E-state index contributed by atoms with van der Waals surface area (Å²) < 4.78 is 22.7. The van der Waals surface area contributed by atoms with Crippen LogP contribution in [-0.4, -0.2) is 101 Å². The Balaban J connectivity index is 1.44. The SMILES string of the molecule is O=C(Cc1cccs1)N1CCOCCOCCN(C(=O)Cc2cccs2)CCOCCOCC1. The highest BCUT2D eigenvalue weighted by atomic mass is 32.1. The molecule has 34 heavy (non-hydrogen) atoms. The normalized spacial score (nSPS) is 18.2. The van der Waals surface area contributed by atoms with Crippen molar-refractivity contribution in [2.45, 2.75) is 12.8 Å². The molecule has 8 nitrogen and oxygen atoms in total. The van der Waals surface area contributed by atoms with Gasteiger partial charge < -0.3 is 28.7 Å². The molecule has 0 bridgehead atoms. The second-order valence-corrected chi connectivity index (χ2v) is 9.79. The van der Waals surface area contributed by atoms with Gasteiger partial charge in [-0.2, -0.15) is 0 Å². The number of carbonyl (C=O) groups is 2. The zero-order chi connectivity index (χ0) is 23.8.